The summed E-state index contributed by atoms with van der Waals surface area (Å²) in [7, 11) is 1.93. The van der Waals surface area contributed by atoms with Gasteiger partial charge in [0.15, 0.2) is 5.75 Å². The zero-order chi connectivity index (χ0) is 12.4. The highest BCUT2D eigenvalue weighted by molar-refractivity contribution is 5.32. The highest BCUT2D eigenvalue weighted by Crippen LogP contribution is 2.22. The molecule has 1 saturated carbocycles. The summed E-state index contributed by atoms with van der Waals surface area (Å²) in [6.45, 7) is 9.41. The molecule has 4 nitrogen and oxygen atoms in total. The number of rotatable bonds is 6. The summed E-state index contributed by atoms with van der Waals surface area (Å²) < 4.78 is 7.62. The molecule has 1 heterocycles. The molecule has 17 heavy (non-hydrogen) atoms. The van der Waals surface area contributed by atoms with Gasteiger partial charge in [0.1, 0.15) is 12.3 Å². The summed E-state index contributed by atoms with van der Waals surface area (Å²) >= 11 is 0. The monoisotopic (exact) mass is 235 g/mol. The van der Waals surface area contributed by atoms with Crippen molar-refractivity contribution in [3.05, 3.63) is 23.5 Å². The molecule has 1 aliphatic carbocycles. The number of hydrogen-bond donors (Lipinski definition) is 1. The van der Waals surface area contributed by atoms with Gasteiger partial charge in [0.2, 0.25) is 0 Å². The second kappa shape index (κ2) is 4.92. The minimum atomic E-state index is 0.563. The molecule has 4 heteroatoms. The summed E-state index contributed by atoms with van der Waals surface area (Å²) in [5.41, 5.74) is 3.08. The number of hydrogen-bond acceptors (Lipinski definition) is 3. The van der Waals surface area contributed by atoms with Crippen LogP contribution in [0.3, 0.4) is 0 Å². The molecular weight excluding hydrogens is 214 g/mol. The van der Waals surface area contributed by atoms with Crippen LogP contribution in [-0.4, -0.2) is 29.0 Å². The Kier molecular flexibility index (Phi) is 3.52. The predicted molar refractivity (Wildman–Crippen MR) is 68.3 cm³/mol. The summed E-state index contributed by atoms with van der Waals surface area (Å²) in [4.78, 5) is 0. The number of aromatic nitrogens is 2. The molecular formula is C13H21N3O. The molecule has 0 radical (unpaired) electrons. The molecule has 1 N–H and O–H groups in total. The van der Waals surface area contributed by atoms with Gasteiger partial charge < -0.3 is 10.1 Å². The Morgan fingerprint density at radius 3 is 2.76 bits per heavy atom. The molecule has 0 aromatic carbocycles. The minimum absolute atomic E-state index is 0.563. The lowest BCUT2D eigenvalue weighted by Gasteiger charge is -2.09. The fourth-order valence-corrected chi connectivity index (χ4v) is 1.76. The Morgan fingerprint density at radius 1 is 1.53 bits per heavy atom. The molecule has 0 spiro atoms. The minimum Gasteiger partial charge on any atom is -0.485 e. The normalized spacial score (nSPS) is 15.0. The number of aryl methyl sites for hydroxylation is 2. The van der Waals surface area contributed by atoms with E-state index in [0.29, 0.717) is 12.6 Å². The summed E-state index contributed by atoms with van der Waals surface area (Å²) in [5, 5.41) is 7.75. The Labute approximate surface area is 103 Å². The van der Waals surface area contributed by atoms with Crippen molar-refractivity contribution in [1.82, 2.24) is 15.1 Å². The SMILES string of the molecule is C=C(CNC1CC1)COc1c(C)nn(C)c1C. The third-order valence-electron chi connectivity index (χ3n) is 3.08. The van der Waals surface area contributed by atoms with Crippen molar-refractivity contribution < 1.29 is 4.74 Å². The van der Waals surface area contributed by atoms with E-state index in [1.807, 2.05) is 25.6 Å². The summed E-state index contributed by atoms with van der Waals surface area (Å²) in [5.74, 6) is 0.889. The van der Waals surface area contributed by atoms with Gasteiger partial charge in [0.25, 0.3) is 0 Å². The quantitative estimate of drug-likeness (QED) is 0.763. The molecule has 0 aliphatic heterocycles. The highest BCUT2D eigenvalue weighted by Gasteiger charge is 2.20. The van der Waals surface area contributed by atoms with Crippen LogP contribution in [0.4, 0.5) is 0 Å². The molecule has 1 aromatic rings. The van der Waals surface area contributed by atoms with E-state index < -0.39 is 0 Å². The van der Waals surface area contributed by atoms with Crippen molar-refractivity contribution in [3.63, 3.8) is 0 Å². The van der Waals surface area contributed by atoms with Gasteiger partial charge >= 0.3 is 0 Å². The van der Waals surface area contributed by atoms with Crippen LogP contribution in [-0.2, 0) is 7.05 Å². The third kappa shape index (κ3) is 3.09. The number of ether oxygens (including phenoxy) is 1. The molecule has 0 saturated heterocycles. The molecule has 1 aliphatic rings. The Balaban J connectivity index is 1.81. The lowest BCUT2D eigenvalue weighted by atomic mass is 10.3. The van der Waals surface area contributed by atoms with E-state index >= 15 is 0 Å². The Morgan fingerprint density at radius 2 is 2.24 bits per heavy atom. The van der Waals surface area contributed by atoms with Crippen molar-refractivity contribution in [2.45, 2.75) is 32.7 Å². The van der Waals surface area contributed by atoms with Gasteiger partial charge in [-0.15, -0.1) is 0 Å². The van der Waals surface area contributed by atoms with E-state index in [1.165, 1.54) is 12.8 Å². The topological polar surface area (TPSA) is 39.1 Å². The van der Waals surface area contributed by atoms with E-state index in [-0.39, 0.29) is 0 Å². The van der Waals surface area contributed by atoms with Gasteiger partial charge in [0.05, 0.1) is 5.69 Å². The zero-order valence-corrected chi connectivity index (χ0v) is 10.9. The number of nitrogens with one attached hydrogen (secondary N) is 1. The van der Waals surface area contributed by atoms with Crippen LogP contribution < -0.4 is 10.1 Å². The van der Waals surface area contributed by atoms with Gasteiger partial charge in [-0.1, -0.05) is 6.58 Å². The zero-order valence-electron chi connectivity index (χ0n) is 10.9. The van der Waals surface area contributed by atoms with Gasteiger partial charge in [-0.3, -0.25) is 4.68 Å². The van der Waals surface area contributed by atoms with E-state index in [4.69, 9.17) is 4.74 Å². The van der Waals surface area contributed by atoms with Crippen molar-refractivity contribution in [3.8, 4) is 5.75 Å². The molecule has 0 amide bonds. The summed E-state index contributed by atoms with van der Waals surface area (Å²) in [6, 6.07) is 0.716. The van der Waals surface area contributed by atoms with E-state index in [0.717, 1.165) is 29.3 Å². The summed E-state index contributed by atoms with van der Waals surface area (Å²) in [6.07, 6.45) is 2.60. The number of nitrogens with zero attached hydrogens (tertiary/aromatic N) is 2. The molecule has 2 rings (SSSR count). The predicted octanol–water partition coefficient (Wildman–Crippen LogP) is 1.72. The second-order valence-corrected chi connectivity index (χ2v) is 4.82. The molecule has 1 fully saturated rings. The van der Waals surface area contributed by atoms with E-state index in [2.05, 4.69) is 17.0 Å². The van der Waals surface area contributed by atoms with Gasteiger partial charge in [-0.05, 0) is 32.3 Å². The highest BCUT2D eigenvalue weighted by atomic mass is 16.5. The average Bonchev–Trinajstić information content (AvgIpc) is 3.06. The van der Waals surface area contributed by atoms with Crippen molar-refractivity contribution in [1.29, 1.82) is 0 Å². The standard InChI is InChI=1S/C13H21N3O/c1-9(7-14-12-5-6-12)8-17-13-10(2)15-16(4)11(13)3/h12,14H,1,5-8H2,2-4H3. The van der Waals surface area contributed by atoms with Gasteiger partial charge in [-0.25, -0.2) is 0 Å². The van der Waals surface area contributed by atoms with E-state index in [1.54, 1.807) is 0 Å². The van der Waals surface area contributed by atoms with Crippen molar-refractivity contribution in [2.75, 3.05) is 13.2 Å². The second-order valence-electron chi connectivity index (χ2n) is 4.82. The maximum Gasteiger partial charge on any atom is 0.163 e. The van der Waals surface area contributed by atoms with Crippen LogP contribution in [0.25, 0.3) is 0 Å². The first-order valence-electron chi connectivity index (χ1n) is 6.11. The average molecular weight is 235 g/mol. The Hall–Kier alpha value is -1.29. The smallest absolute Gasteiger partial charge is 0.163 e. The fourth-order valence-electron chi connectivity index (χ4n) is 1.76. The first-order chi connectivity index (χ1) is 8.08. The lowest BCUT2D eigenvalue weighted by Crippen LogP contribution is -2.21. The largest absolute Gasteiger partial charge is 0.485 e. The molecule has 0 atom stereocenters. The maximum absolute atomic E-state index is 5.78. The van der Waals surface area contributed by atoms with Crippen LogP contribution >= 0.6 is 0 Å². The maximum atomic E-state index is 5.78. The van der Waals surface area contributed by atoms with Gasteiger partial charge in [0, 0.05) is 19.6 Å². The van der Waals surface area contributed by atoms with Crippen LogP contribution in [0, 0.1) is 13.8 Å². The van der Waals surface area contributed by atoms with E-state index in [9.17, 15) is 0 Å². The van der Waals surface area contributed by atoms with Crippen LogP contribution in [0.15, 0.2) is 12.2 Å². The van der Waals surface area contributed by atoms with Crippen LogP contribution in [0.2, 0.25) is 0 Å². The molecule has 0 bridgehead atoms. The lowest BCUT2D eigenvalue weighted by molar-refractivity contribution is 0.343. The third-order valence-corrected chi connectivity index (χ3v) is 3.08. The van der Waals surface area contributed by atoms with Crippen LogP contribution in [0.5, 0.6) is 5.75 Å². The molecule has 1 aromatic heterocycles. The van der Waals surface area contributed by atoms with Gasteiger partial charge in [-0.2, -0.15) is 5.10 Å². The van der Waals surface area contributed by atoms with Crippen LogP contribution in [0.1, 0.15) is 24.2 Å². The Bertz CT molecular complexity index is 419. The first kappa shape index (κ1) is 12.2. The van der Waals surface area contributed by atoms with Crippen molar-refractivity contribution in [2.24, 2.45) is 7.05 Å². The molecule has 94 valence electrons. The van der Waals surface area contributed by atoms with Crippen molar-refractivity contribution >= 4 is 0 Å². The first-order valence-corrected chi connectivity index (χ1v) is 6.11. The molecule has 0 unspecified atom stereocenters. The fraction of sp³-hybridized carbons (Fsp3) is 0.615.